The number of aromatic nitrogens is 1. The van der Waals surface area contributed by atoms with Gasteiger partial charge < -0.3 is 9.84 Å². The number of aliphatic hydroxyl groups is 1. The van der Waals surface area contributed by atoms with Gasteiger partial charge in [-0.1, -0.05) is 0 Å². The minimum Gasteiger partial charge on any atom is -0.434 e. The average molecular weight is 300 g/mol. The molecule has 0 atom stereocenters. The summed E-state index contributed by atoms with van der Waals surface area (Å²) in [4.78, 5) is 4.44. The van der Waals surface area contributed by atoms with Crippen molar-refractivity contribution in [2.75, 3.05) is 0 Å². The molecule has 0 aliphatic heterocycles. The van der Waals surface area contributed by atoms with Gasteiger partial charge in [0, 0.05) is 12.3 Å². The van der Waals surface area contributed by atoms with E-state index in [2.05, 4.69) is 9.72 Å². The Bertz CT molecular complexity index is 667. The van der Waals surface area contributed by atoms with Crippen molar-refractivity contribution in [3.05, 3.63) is 34.6 Å². The second kappa shape index (κ2) is 5.90. The highest BCUT2D eigenvalue weighted by Crippen LogP contribution is 2.35. The molecule has 0 saturated carbocycles. The lowest BCUT2D eigenvalue weighted by Gasteiger charge is -2.09. The van der Waals surface area contributed by atoms with E-state index in [0.717, 1.165) is 23.5 Å². The molecular weight excluding hydrogens is 293 g/mol. The topological polar surface area (TPSA) is 66.1 Å². The fraction of sp³-hybridized carbons (Fsp3) is 0.167. The highest BCUT2D eigenvalue weighted by atomic mass is 32.1. The Morgan fingerprint density at radius 3 is 2.75 bits per heavy atom. The van der Waals surface area contributed by atoms with Crippen LogP contribution in [-0.2, 0) is 6.61 Å². The number of aliphatic hydroxyl groups excluding tert-OH is 1. The summed E-state index contributed by atoms with van der Waals surface area (Å²) >= 11 is 1.03. The second-order valence-corrected chi connectivity index (χ2v) is 4.72. The summed E-state index contributed by atoms with van der Waals surface area (Å²) in [5, 5.41) is 18.0. The fourth-order valence-corrected chi connectivity index (χ4v) is 2.30. The van der Waals surface area contributed by atoms with Gasteiger partial charge in [-0.2, -0.15) is 14.0 Å². The van der Waals surface area contributed by atoms with Gasteiger partial charge >= 0.3 is 6.61 Å². The van der Waals surface area contributed by atoms with Crippen LogP contribution in [0, 0.1) is 17.1 Å². The van der Waals surface area contributed by atoms with Gasteiger partial charge in [0.05, 0.1) is 22.6 Å². The highest BCUT2D eigenvalue weighted by molar-refractivity contribution is 7.15. The number of nitrogens with zero attached hydrogens (tertiary/aromatic N) is 2. The molecule has 0 fully saturated rings. The first-order valence-electron chi connectivity index (χ1n) is 5.29. The molecule has 0 amide bonds. The third kappa shape index (κ3) is 2.89. The third-order valence-electron chi connectivity index (χ3n) is 2.35. The van der Waals surface area contributed by atoms with E-state index in [9.17, 15) is 13.2 Å². The number of hydrogen-bond donors (Lipinski definition) is 1. The first-order valence-corrected chi connectivity index (χ1v) is 6.11. The smallest absolute Gasteiger partial charge is 0.387 e. The van der Waals surface area contributed by atoms with E-state index < -0.39 is 18.2 Å². The van der Waals surface area contributed by atoms with E-state index >= 15 is 0 Å². The maximum atomic E-state index is 13.5. The lowest BCUT2D eigenvalue weighted by Crippen LogP contribution is -2.04. The van der Waals surface area contributed by atoms with Gasteiger partial charge in [0.1, 0.15) is 22.6 Å². The Kier molecular flexibility index (Phi) is 4.22. The van der Waals surface area contributed by atoms with Crippen LogP contribution in [-0.4, -0.2) is 16.7 Å². The zero-order chi connectivity index (χ0) is 14.7. The quantitative estimate of drug-likeness (QED) is 0.942. The predicted molar refractivity (Wildman–Crippen MR) is 64.8 cm³/mol. The van der Waals surface area contributed by atoms with Crippen molar-refractivity contribution in [1.82, 2.24) is 4.98 Å². The molecule has 0 bridgehead atoms. The Balaban J connectivity index is 2.56. The van der Waals surface area contributed by atoms with Crippen molar-refractivity contribution in [3.8, 4) is 22.4 Å². The minimum absolute atomic E-state index is 0.0768. The molecular formula is C12H7F3N2O2S. The molecule has 0 radical (unpaired) electrons. The van der Waals surface area contributed by atoms with E-state index in [1.807, 2.05) is 0 Å². The molecule has 2 aromatic rings. The predicted octanol–water partition coefficient (Wildman–Crippen LogP) is 2.91. The summed E-state index contributed by atoms with van der Waals surface area (Å²) in [6.45, 7) is -3.38. The van der Waals surface area contributed by atoms with Gasteiger partial charge in [0.2, 0.25) is 0 Å². The van der Waals surface area contributed by atoms with Crippen LogP contribution in [0.15, 0.2) is 18.3 Å². The van der Waals surface area contributed by atoms with E-state index in [4.69, 9.17) is 10.4 Å². The Morgan fingerprint density at radius 1 is 1.45 bits per heavy atom. The molecule has 0 unspecified atom stereocenters. The lowest BCUT2D eigenvalue weighted by molar-refractivity contribution is -0.0496. The number of alkyl halides is 2. The number of hydrogen-bond acceptors (Lipinski definition) is 5. The number of nitriles is 1. The van der Waals surface area contributed by atoms with Crippen molar-refractivity contribution in [2.45, 2.75) is 13.2 Å². The summed E-state index contributed by atoms with van der Waals surface area (Å²) in [5.74, 6) is -1.36. The molecule has 20 heavy (non-hydrogen) atoms. The monoisotopic (exact) mass is 300 g/mol. The summed E-state index contributed by atoms with van der Waals surface area (Å²) in [5.41, 5.74) is -0.227. The summed E-state index contributed by atoms with van der Waals surface area (Å²) in [7, 11) is 0. The molecule has 0 saturated heterocycles. The van der Waals surface area contributed by atoms with Crippen molar-refractivity contribution in [1.29, 1.82) is 5.26 Å². The molecule has 104 valence electrons. The number of halogens is 3. The van der Waals surface area contributed by atoms with Crippen LogP contribution in [0.3, 0.4) is 0 Å². The first-order chi connectivity index (χ1) is 9.55. The number of ether oxygens (including phenoxy) is 1. The van der Waals surface area contributed by atoms with E-state index in [1.54, 1.807) is 6.07 Å². The molecule has 0 aliphatic carbocycles. The molecule has 1 aromatic heterocycles. The normalized spacial score (nSPS) is 10.6. The van der Waals surface area contributed by atoms with E-state index in [-0.39, 0.29) is 22.7 Å². The molecule has 2 rings (SSSR count). The zero-order valence-corrected chi connectivity index (χ0v) is 10.6. The molecule has 1 heterocycles. The van der Waals surface area contributed by atoms with Crippen molar-refractivity contribution in [2.24, 2.45) is 0 Å². The maximum absolute atomic E-state index is 13.5. The average Bonchev–Trinajstić information content (AvgIpc) is 2.87. The SMILES string of the molecule is N#Cc1cc(-c2ncc(CO)s2)c(OC(F)F)cc1F. The largest absolute Gasteiger partial charge is 0.434 e. The Hall–Kier alpha value is -2.11. The third-order valence-corrected chi connectivity index (χ3v) is 3.36. The van der Waals surface area contributed by atoms with Crippen molar-refractivity contribution < 1.29 is 23.0 Å². The van der Waals surface area contributed by atoms with Crippen LogP contribution in [0.4, 0.5) is 13.2 Å². The van der Waals surface area contributed by atoms with Gasteiger partial charge in [-0.05, 0) is 6.07 Å². The number of rotatable bonds is 4. The van der Waals surface area contributed by atoms with Gasteiger partial charge in [-0.15, -0.1) is 11.3 Å². The van der Waals surface area contributed by atoms with Crippen LogP contribution in [0.2, 0.25) is 0 Å². The first kappa shape index (κ1) is 14.3. The van der Waals surface area contributed by atoms with Gasteiger partial charge in [0.15, 0.2) is 0 Å². The standard InChI is InChI=1S/C12H7F3N2O2S/c13-9-2-10(19-12(14)15)8(1-6(9)3-16)11-17-4-7(5-18)20-11/h1-2,4,12,18H,5H2. The highest BCUT2D eigenvalue weighted by Gasteiger charge is 2.18. The van der Waals surface area contributed by atoms with Crippen LogP contribution in [0.25, 0.3) is 10.6 Å². The molecule has 0 spiro atoms. The maximum Gasteiger partial charge on any atom is 0.387 e. The second-order valence-electron chi connectivity index (χ2n) is 3.61. The summed E-state index contributed by atoms with van der Waals surface area (Å²) in [6, 6.07) is 3.43. The van der Waals surface area contributed by atoms with Crippen LogP contribution in [0.5, 0.6) is 5.75 Å². The van der Waals surface area contributed by atoms with Gasteiger partial charge in [0.25, 0.3) is 0 Å². The van der Waals surface area contributed by atoms with Crippen LogP contribution < -0.4 is 4.74 Å². The number of benzene rings is 1. The van der Waals surface area contributed by atoms with E-state index in [0.29, 0.717) is 4.88 Å². The molecule has 1 N–H and O–H groups in total. The molecule has 1 aromatic carbocycles. The Labute approximate surface area is 115 Å². The van der Waals surface area contributed by atoms with Crippen molar-refractivity contribution >= 4 is 11.3 Å². The summed E-state index contributed by atoms with van der Waals surface area (Å²) < 4.78 is 42.4. The molecule has 4 nitrogen and oxygen atoms in total. The van der Waals surface area contributed by atoms with Gasteiger partial charge in [-0.25, -0.2) is 9.37 Å². The Morgan fingerprint density at radius 2 is 2.20 bits per heavy atom. The van der Waals surface area contributed by atoms with E-state index in [1.165, 1.54) is 6.20 Å². The summed E-state index contributed by atoms with van der Waals surface area (Å²) in [6.07, 6.45) is 1.36. The lowest BCUT2D eigenvalue weighted by atomic mass is 10.1. The van der Waals surface area contributed by atoms with Gasteiger partial charge in [-0.3, -0.25) is 0 Å². The van der Waals surface area contributed by atoms with Crippen molar-refractivity contribution in [3.63, 3.8) is 0 Å². The molecule has 0 aliphatic rings. The molecule has 8 heteroatoms. The minimum atomic E-state index is -3.13. The van der Waals surface area contributed by atoms with Crippen LogP contribution >= 0.6 is 11.3 Å². The fourth-order valence-electron chi connectivity index (χ4n) is 1.51. The van der Waals surface area contributed by atoms with Crippen LogP contribution in [0.1, 0.15) is 10.4 Å². The zero-order valence-electron chi connectivity index (χ0n) is 9.81. The number of thiazole rings is 1.